The van der Waals surface area contributed by atoms with Crippen LogP contribution >= 0.6 is 11.6 Å². The molecule has 186 valence electrons. The monoisotopic (exact) mass is 508 g/mol. The van der Waals surface area contributed by atoms with Gasteiger partial charge in [-0.25, -0.2) is 19.3 Å². The van der Waals surface area contributed by atoms with Crippen molar-refractivity contribution < 1.29 is 14.6 Å². The summed E-state index contributed by atoms with van der Waals surface area (Å²) in [5.41, 5.74) is 13.4. The van der Waals surface area contributed by atoms with Crippen molar-refractivity contribution in [2.24, 2.45) is 23.2 Å². The number of hydrogen-bond acceptors (Lipinski definition) is 7. The Morgan fingerprint density at radius 1 is 1.14 bits per heavy atom. The van der Waals surface area contributed by atoms with Crippen molar-refractivity contribution in [1.29, 1.82) is 0 Å². The van der Waals surface area contributed by atoms with Crippen LogP contribution in [0.1, 0.15) is 30.9 Å². The minimum absolute atomic E-state index is 0.0813. The maximum absolute atomic E-state index is 15.0. The standard InChI is InChI=1S/C26H26ClFN6O2/c27-17-8-14-18(28)6-11(7-19(14)33-24(17)30)5-15(12-1-2-12)26-9-16(26)20(21(35)22(26)36)34-4-3-13-23(29)31-10-32-25(13)34/h3-4,6-8,10,12,15-16,20-22,35-36H,1-2,5,9H2,(H2,30,33)(H2,29,31,32)/t15?,16-,20-,21+,22+,26+/m1/s1. The molecule has 0 radical (unpaired) electrons. The van der Waals surface area contributed by atoms with Crippen LogP contribution in [-0.2, 0) is 6.42 Å². The molecule has 6 N–H and O–H groups in total. The molecule has 3 aromatic heterocycles. The summed E-state index contributed by atoms with van der Waals surface area (Å²) in [4.78, 5) is 12.8. The van der Waals surface area contributed by atoms with Crippen molar-refractivity contribution in [3.05, 3.63) is 53.2 Å². The molecule has 0 bridgehead atoms. The third kappa shape index (κ3) is 3.02. The number of rotatable bonds is 5. The molecule has 10 heteroatoms. The van der Waals surface area contributed by atoms with Crippen molar-refractivity contribution in [1.82, 2.24) is 19.5 Å². The summed E-state index contributed by atoms with van der Waals surface area (Å²) in [6, 6.07) is 6.45. The van der Waals surface area contributed by atoms with E-state index in [9.17, 15) is 10.2 Å². The third-order valence-corrected chi connectivity index (χ3v) is 9.17. The van der Waals surface area contributed by atoms with E-state index >= 15 is 4.39 Å². The van der Waals surface area contributed by atoms with Gasteiger partial charge in [0.05, 0.1) is 28.1 Å². The molecule has 0 spiro atoms. The summed E-state index contributed by atoms with van der Waals surface area (Å²) in [5.74, 6) is 0.784. The topological polar surface area (TPSA) is 136 Å². The lowest BCUT2D eigenvalue weighted by atomic mass is 9.77. The van der Waals surface area contributed by atoms with E-state index in [0.29, 0.717) is 34.7 Å². The first kappa shape index (κ1) is 22.2. The minimum Gasteiger partial charge on any atom is -0.390 e. The maximum Gasteiger partial charge on any atom is 0.145 e. The molecule has 4 aromatic rings. The van der Waals surface area contributed by atoms with Crippen LogP contribution < -0.4 is 11.5 Å². The molecule has 8 nitrogen and oxygen atoms in total. The molecule has 0 aliphatic heterocycles. The Morgan fingerprint density at radius 3 is 2.72 bits per heavy atom. The average molecular weight is 509 g/mol. The van der Waals surface area contributed by atoms with E-state index in [-0.39, 0.29) is 28.7 Å². The summed E-state index contributed by atoms with van der Waals surface area (Å²) in [7, 11) is 0. The Hall–Kier alpha value is -3.01. The number of benzene rings is 1. The molecule has 1 unspecified atom stereocenters. The number of aliphatic hydroxyl groups excluding tert-OH is 2. The molecule has 0 saturated heterocycles. The van der Waals surface area contributed by atoms with Crippen LogP contribution in [0.4, 0.5) is 16.0 Å². The number of nitrogens with two attached hydrogens (primary N) is 2. The predicted molar refractivity (Wildman–Crippen MR) is 135 cm³/mol. The van der Waals surface area contributed by atoms with Gasteiger partial charge >= 0.3 is 0 Å². The summed E-state index contributed by atoms with van der Waals surface area (Å²) in [5, 5.41) is 24.0. The Kier molecular flexibility index (Phi) is 4.63. The molecule has 3 saturated carbocycles. The number of fused-ring (bicyclic) bond motifs is 3. The molecular weight excluding hydrogens is 483 g/mol. The van der Waals surface area contributed by atoms with Crippen molar-refractivity contribution in [2.45, 2.75) is 43.9 Å². The van der Waals surface area contributed by atoms with Crippen LogP contribution in [0, 0.1) is 29.0 Å². The molecule has 3 fully saturated rings. The second-order valence-corrected chi connectivity index (χ2v) is 11.1. The molecule has 6 atom stereocenters. The fourth-order valence-electron chi connectivity index (χ4n) is 7.02. The number of nitrogen functional groups attached to an aromatic ring is 2. The molecule has 36 heavy (non-hydrogen) atoms. The quantitative estimate of drug-likeness (QED) is 0.324. The van der Waals surface area contributed by atoms with Gasteiger partial charge in [0.25, 0.3) is 0 Å². The molecule has 3 aliphatic rings. The van der Waals surface area contributed by atoms with Crippen LogP contribution in [-0.4, -0.2) is 41.9 Å². The summed E-state index contributed by atoms with van der Waals surface area (Å²) >= 11 is 6.05. The number of nitrogens with zero attached hydrogens (tertiary/aromatic N) is 4. The van der Waals surface area contributed by atoms with Gasteiger partial charge in [0.1, 0.15) is 35.5 Å². The van der Waals surface area contributed by atoms with Gasteiger partial charge in [-0.05, 0) is 73.3 Å². The van der Waals surface area contributed by atoms with E-state index in [1.165, 1.54) is 18.5 Å². The number of hydrogen-bond donors (Lipinski definition) is 4. The van der Waals surface area contributed by atoms with Gasteiger partial charge in [-0.3, -0.25) is 0 Å². The van der Waals surface area contributed by atoms with Crippen LogP contribution in [0.2, 0.25) is 5.02 Å². The number of anilines is 2. The minimum atomic E-state index is -0.936. The first-order valence-corrected chi connectivity index (χ1v) is 12.6. The van der Waals surface area contributed by atoms with Crippen molar-refractivity contribution in [2.75, 3.05) is 11.5 Å². The van der Waals surface area contributed by atoms with Gasteiger partial charge in [-0.2, -0.15) is 0 Å². The highest BCUT2D eigenvalue weighted by molar-refractivity contribution is 6.33. The van der Waals surface area contributed by atoms with Crippen LogP contribution in [0.5, 0.6) is 0 Å². The third-order valence-electron chi connectivity index (χ3n) is 8.86. The van der Waals surface area contributed by atoms with E-state index in [1.807, 2.05) is 22.9 Å². The first-order chi connectivity index (χ1) is 17.3. The van der Waals surface area contributed by atoms with Gasteiger partial charge in [-0.15, -0.1) is 0 Å². The van der Waals surface area contributed by atoms with Crippen LogP contribution in [0.15, 0.2) is 36.8 Å². The van der Waals surface area contributed by atoms with E-state index < -0.39 is 23.4 Å². The zero-order chi connectivity index (χ0) is 24.9. The summed E-state index contributed by atoms with van der Waals surface area (Å²) in [6.07, 6.45) is 5.00. The Labute approximate surface area is 211 Å². The van der Waals surface area contributed by atoms with Crippen molar-refractivity contribution in [3.63, 3.8) is 0 Å². The van der Waals surface area contributed by atoms with Gasteiger partial charge in [0.15, 0.2) is 0 Å². The lowest BCUT2D eigenvalue weighted by Gasteiger charge is -2.31. The van der Waals surface area contributed by atoms with Gasteiger partial charge in [-0.1, -0.05) is 11.6 Å². The second-order valence-electron chi connectivity index (χ2n) is 10.7. The number of pyridine rings is 1. The van der Waals surface area contributed by atoms with Crippen molar-refractivity contribution in [3.8, 4) is 0 Å². The highest BCUT2D eigenvalue weighted by Crippen LogP contribution is 2.74. The van der Waals surface area contributed by atoms with Gasteiger partial charge in [0, 0.05) is 17.0 Å². The normalized spacial score (nSPS) is 30.1. The highest BCUT2D eigenvalue weighted by Gasteiger charge is 2.75. The lowest BCUT2D eigenvalue weighted by Crippen LogP contribution is -2.38. The first-order valence-electron chi connectivity index (χ1n) is 12.3. The maximum atomic E-state index is 15.0. The molecule has 3 aliphatic carbocycles. The van der Waals surface area contributed by atoms with Crippen LogP contribution in [0.25, 0.3) is 21.9 Å². The zero-order valence-electron chi connectivity index (χ0n) is 19.4. The van der Waals surface area contributed by atoms with Crippen molar-refractivity contribution >= 4 is 45.2 Å². The molecule has 7 rings (SSSR count). The Bertz CT molecular complexity index is 1540. The van der Waals surface area contributed by atoms with E-state index in [0.717, 1.165) is 30.2 Å². The van der Waals surface area contributed by atoms with E-state index in [4.69, 9.17) is 23.1 Å². The molecule has 3 heterocycles. The molecule has 1 aromatic carbocycles. The van der Waals surface area contributed by atoms with Gasteiger partial charge < -0.3 is 26.2 Å². The lowest BCUT2D eigenvalue weighted by molar-refractivity contribution is -0.0349. The smallest absolute Gasteiger partial charge is 0.145 e. The number of aromatic nitrogens is 4. The fourth-order valence-corrected chi connectivity index (χ4v) is 7.17. The number of aliphatic hydroxyl groups is 2. The second kappa shape index (κ2) is 7.50. The highest BCUT2D eigenvalue weighted by atomic mass is 35.5. The SMILES string of the molecule is Nc1nc2cc(CC(C3CC3)[C@@]34C[C@@H]3[C@@H](n3ccc5c(N)ncnc53)[C@H](O)[C@@H]4O)cc(F)c2cc1Cl. The van der Waals surface area contributed by atoms with Crippen LogP contribution in [0.3, 0.4) is 0 Å². The molecular formula is C26H26ClFN6O2. The molecule has 0 amide bonds. The summed E-state index contributed by atoms with van der Waals surface area (Å²) < 4.78 is 17.0. The Morgan fingerprint density at radius 2 is 1.94 bits per heavy atom. The predicted octanol–water partition coefficient (Wildman–Crippen LogP) is 3.49. The largest absolute Gasteiger partial charge is 0.390 e. The van der Waals surface area contributed by atoms with E-state index in [1.54, 1.807) is 0 Å². The number of halogens is 2. The fraction of sp³-hybridized carbons (Fsp3) is 0.423. The zero-order valence-corrected chi connectivity index (χ0v) is 20.1. The van der Waals surface area contributed by atoms with Gasteiger partial charge in [0.2, 0.25) is 0 Å². The summed E-state index contributed by atoms with van der Waals surface area (Å²) in [6.45, 7) is 0. The average Bonchev–Trinajstić information content (AvgIpc) is 3.75. The Balaban J connectivity index is 1.25. The van der Waals surface area contributed by atoms with E-state index in [2.05, 4.69) is 15.0 Å².